The number of anilines is 1. The maximum absolute atomic E-state index is 12.1. The highest BCUT2D eigenvalue weighted by atomic mass is 35.5. The standard InChI is InChI=1S/C22H20Cl2N4O3/c1-13-10-15(14(2)28(13)19-7-5-4-6-17(19)23)12-25-27-22(30)21(29)26-16-8-9-20(31-3)18(24)11-16/h4-12H,1-3H3,(H,26,29)(H,27,30)/b25-12-. The van der Waals surface area contributed by atoms with Crippen molar-refractivity contribution < 1.29 is 14.3 Å². The van der Waals surface area contributed by atoms with E-state index in [-0.39, 0.29) is 0 Å². The van der Waals surface area contributed by atoms with Gasteiger partial charge in [0.15, 0.2) is 0 Å². The quantitative estimate of drug-likeness (QED) is 0.335. The van der Waals surface area contributed by atoms with Crippen LogP contribution < -0.4 is 15.5 Å². The molecule has 0 radical (unpaired) electrons. The minimum Gasteiger partial charge on any atom is -0.495 e. The summed E-state index contributed by atoms with van der Waals surface area (Å²) < 4.78 is 7.04. The Bertz CT molecular complexity index is 1170. The van der Waals surface area contributed by atoms with Crippen LogP contribution in [0.1, 0.15) is 17.0 Å². The summed E-state index contributed by atoms with van der Waals surface area (Å²) in [5.41, 5.74) is 6.05. The predicted octanol–water partition coefficient (Wildman–Crippen LogP) is 4.50. The van der Waals surface area contributed by atoms with Gasteiger partial charge in [-0.15, -0.1) is 0 Å². The van der Waals surface area contributed by atoms with Crippen molar-refractivity contribution in [2.75, 3.05) is 12.4 Å². The molecule has 1 aromatic heterocycles. The number of carbonyl (C=O) groups excluding carboxylic acids is 2. The minimum atomic E-state index is -0.914. The number of aryl methyl sites for hydroxylation is 1. The lowest BCUT2D eigenvalue weighted by Crippen LogP contribution is -2.32. The molecule has 3 aromatic rings. The molecule has 0 bridgehead atoms. The molecule has 1 heterocycles. The van der Waals surface area contributed by atoms with Crippen LogP contribution in [-0.4, -0.2) is 29.7 Å². The van der Waals surface area contributed by atoms with Crippen molar-refractivity contribution in [1.29, 1.82) is 0 Å². The predicted molar refractivity (Wildman–Crippen MR) is 123 cm³/mol. The molecule has 7 nitrogen and oxygen atoms in total. The summed E-state index contributed by atoms with van der Waals surface area (Å²) in [6, 6.07) is 14.1. The summed E-state index contributed by atoms with van der Waals surface area (Å²) in [7, 11) is 1.48. The molecule has 0 aliphatic heterocycles. The number of carbonyl (C=O) groups is 2. The molecule has 0 aliphatic rings. The van der Waals surface area contributed by atoms with Crippen LogP contribution in [0.25, 0.3) is 5.69 Å². The van der Waals surface area contributed by atoms with Gasteiger partial charge in [0.2, 0.25) is 0 Å². The van der Waals surface area contributed by atoms with E-state index in [2.05, 4.69) is 15.8 Å². The number of benzene rings is 2. The first-order chi connectivity index (χ1) is 14.8. The molecule has 0 unspecified atom stereocenters. The van der Waals surface area contributed by atoms with Gasteiger partial charge in [-0.2, -0.15) is 5.10 Å². The first kappa shape index (κ1) is 22.4. The fourth-order valence-electron chi connectivity index (χ4n) is 3.07. The Morgan fingerprint density at radius 3 is 2.45 bits per heavy atom. The molecule has 3 rings (SSSR count). The van der Waals surface area contributed by atoms with Gasteiger partial charge < -0.3 is 14.6 Å². The van der Waals surface area contributed by atoms with Crippen molar-refractivity contribution in [1.82, 2.24) is 9.99 Å². The number of amides is 2. The second kappa shape index (κ2) is 9.68. The van der Waals surface area contributed by atoms with Gasteiger partial charge in [0.05, 0.1) is 29.1 Å². The first-order valence-corrected chi connectivity index (χ1v) is 9.99. The molecule has 2 amide bonds. The number of rotatable bonds is 5. The maximum Gasteiger partial charge on any atom is 0.329 e. The lowest BCUT2D eigenvalue weighted by atomic mass is 10.2. The van der Waals surface area contributed by atoms with Gasteiger partial charge >= 0.3 is 11.8 Å². The number of halogens is 2. The smallest absolute Gasteiger partial charge is 0.329 e. The molecule has 2 N–H and O–H groups in total. The molecule has 160 valence electrons. The lowest BCUT2D eigenvalue weighted by molar-refractivity contribution is -0.136. The highest BCUT2D eigenvalue weighted by Gasteiger charge is 2.15. The summed E-state index contributed by atoms with van der Waals surface area (Å²) in [4.78, 5) is 24.1. The van der Waals surface area contributed by atoms with Crippen LogP contribution in [0.3, 0.4) is 0 Å². The molecule has 0 atom stereocenters. The molecule has 0 aliphatic carbocycles. The zero-order valence-corrected chi connectivity index (χ0v) is 18.6. The number of ether oxygens (including phenoxy) is 1. The molecule has 2 aromatic carbocycles. The van der Waals surface area contributed by atoms with Crippen molar-refractivity contribution in [2.24, 2.45) is 5.10 Å². The highest BCUT2D eigenvalue weighted by molar-refractivity contribution is 6.40. The Morgan fingerprint density at radius 2 is 1.77 bits per heavy atom. The lowest BCUT2D eigenvalue weighted by Gasteiger charge is -2.11. The van der Waals surface area contributed by atoms with Crippen molar-refractivity contribution in [3.05, 3.63) is 75.5 Å². The van der Waals surface area contributed by atoms with Gasteiger partial charge in [-0.25, -0.2) is 5.43 Å². The molecule has 9 heteroatoms. The summed E-state index contributed by atoms with van der Waals surface area (Å²) in [6.45, 7) is 3.86. The van der Waals surface area contributed by atoms with E-state index < -0.39 is 11.8 Å². The Hall–Kier alpha value is -3.29. The molecular formula is C22H20Cl2N4O3. The zero-order valence-electron chi connectivity index (χ0n) is 17.1. The van der Waals surface area contributed by atoms with Crippen LogP contribution in [-0.2, 0) is 9.59 Å². The molecule has 0 spiro atoms. The number of methoxy groups -OCH3 is 1. The number of hydrazone groups is 1. The number of hydrogen-bond acceptors (Lipinski definition) is 4. The largest absolute Gasteiger partial charge is 0.495 e. The van der Waals surface area contributed by atoms with Crippen molar-refractivity contribution in [3.8, 4) is 11.4 Å². The number of aromatic nitrogens is 1. The van der Waals surface area contributed by atoms with E-state index in [1.807, 2.05) is 48.7 Å². The molecule has 0 saturated heterocycles. The molecule has 31 heavy (non-hydrogen) atoms. The average Bonchev–Trinajstić information content (AvgIpc) is 3.01. The Morgan fingerprint density at radius 1 is 1.03 bits per heavy atom. The minimum absolute atomic E-state index is 0.313. The van der Waals surface area contributed by atoms with Gasteiger partial charge in [0.1, 0.15) is 5.75 Å². The average molecular weight is 459 g/mol. The van der Waals surface area contributed by atoms with Crippen LogP contribution in [0.15, 0.2) is 53.6 Å². The monoisotopic (exact) mass is 458 g/mol. The van der Waals surface area contributed by atoms with Gasteiger partial charge in [0.25, 0.3) is 0 Å². The van der Waals surface area contributed by atoms with Crippen LogP contribution in [0.2, 0.25) is 10.0 Å². The van der Waals surface area contributed by atoms with Gasteiger partial charge in [0, 0.05) is 22.6 Å². The van der Waals surface area contributed by atoms with Gasteiger partial charge in [-0.3, -0.25) is 9.59 Å². The van der Waals surface area contributed by atoms with Crippen LogP contribution >= 0.6 is 23.2 Å². The van der Waals surface area contributed by atoms with E-state index in [9.17, 15) is 9.59 Å². The van der Waals surface area contributed by atoms with Crippen LogP contribution in [0.5, 0.6) is 5.75 Å². The second-order valence-corrected chi connectivity index (χ2v) is 7.43. The Labute approximate surface area is 189 Å². The van der Waals surface area contributed by atoms with E-state index in [1.54, 1.807) is 12.1 Å². The first-order valence-electron chi connectivity index (χ1n) is 9.23. The summed E-state index contributed by atoms with van der Waals surface area (Å²) in [5, 5.41) is 7.29. The summed E-state index contributed by atoms with van der Waals surface area (Å²) in [6.07, 6.45) is 1.48. The summed E-state index contributed by atoms with van der Waals surface area (Å²) in [5.74, 6) is -1.33. The Balaban J connectivity index is 1.67. The number of hydrogen-bond donors (Lipinski definition) is 2. The number of para-hydroxylation sites is 1. The summed E-state index contributed by atoms with van der Waals surface area (Å²) >= 11 is 12.3. The van der Waals surface area contributed by atoms with Crippen molar-refractivity contribution in [3.63, 3.8) is 0 Å². The van der Waals surface area contributed by atoms with E-state index in [0.29, 0.717) is 21.5 Å². The topological polar surface area (TPSA) is 84.7 Å². The van der Waals surface area contributed by atoms with Crippen molar-refractivity contribution >= 4 is 46.9 Å². The van der Waals surface area contributed by atoms with E-state index in [4.69, 9.17) is 27.9 Å². The Kier molecular flexibility index (Phi) is 6.99. The highest BCUT2D eigenvalue weighted by Crippen LogP contribution is 2.27. The third-order valence-electron chi connectivity index (χ3n) is 4.55. The van der Waals surface area contributed by atoms with Gasteiger partial charge in [-0.05, 0) is 50.2 Å². The van der Waals surface area contributed by atoms with Gasteiger partial charge in [-0.1, -0.05) is 35.3 Å². The third-order valence-corrected chi connectivity index (χ3v) is 5.16. The fraction of sp³-hybridized carbons (Fsp3) is 0.136. The normalized spacial score (nSPS) is 10.9. The van der Waals surface area contributed by atoms with Crippen LogP contribution in [0.4, 0.5) is 5.69 Å². The molecular weight excluding hydrogens is 439 g/mol. The van der Waals surface area contributed by atoms with Crippen LogP contribution in [0, 0.1) is 13.8 Å². The maximum atomic E-state index is 12.1. The zero-order chi connectivity index (χ0) is 22.5. The second-order valence-electron chi connectivity index (χ2n) is 6.62. The van der Waals surface area contributed by atoms with E-state index >= 15 is 0 Å². The van der Waals surface area contributed by atoms with E-state index in [0.717, 1.165) is 22.6 Å². The fourth-order valence-corrected chi connectivity index (χ4v) is 3.54. The van der Waals surface area contributed by atoms with E-state index in [1.165, 1.54) is 19.4 Å². The number of nitrogens with one attached hydrogen (secondary N) is 2. The molecule has 0 fully saturated rings. The SMILES string of the molecule is COc1ccc(NC(=O)C(=O)N/N=C\c2cc(C)n(-c3ccccc3Cl)c2C)cc1Cl. The number of nitrogens with zero attached hydrogens (tertiary/aromatic N) is 2. The molecule has 0 saturated carbocycles. The third kappa shape index (κ3) is 5.07. The van der Waals surface area contributed by atoms with Crippen molar-refractivity contribution in [2.45, 2.75) is 13.8 Å².